The van der Waals surface area contributed by atoms with Crippen LogP contribution in [0.4, 0.5) is 0 Å². The summed E-state index contributed by atoms with van der Waals surface area (Å²) < 4.78 is 5.92. The summed E-state index contributed by atoms with van der Waals surface area (Å²) >= 11 is 3.40. The third kappa shape index (κ3) is 3.94. The molecule has 1 N–H and O–H groups in total. The Morgan fingerprint density at radius 2 is 2.25 bits per heavy atom. The SMILES string of the molecule is COCCCNC(=O)c1ccc(Br)c(C)c1. The van der Waals surface area contributed by atoms with Crippen molar-refractivity contribution in [1.82, 2.24) is 5.32 Å². The summed E-state index contributed by atoms with van der Waals surface area (Å²) in [5.41, 5.74) is 1.75. The van der Waals surface area contributed by atoms with Crippen LogP contribution >= 0.6 is 15.9 Å². The Morgan fingerprint density at radius 1 is 1.50 bits per heavy atom. The quantitative estimate of drug-likeness (QED) is 0.845. The molecule has 0 aliphatic heterocycles. The molecule has 0 saturated heterocycles. The van der Waals surface area contributed by atoms with Gasteiger partial charge >= 0.3 is 0 Å². The molecule has 0 saturated carbocycles. The van der Waals surface area contributed by atoms with Crippen molar-refractivity contribution >= 4 is 21.8 Å². The van der Waals surface area contributed by atoms with Crippen molar-refractivity contribution in [2.45, 2.75) is 13.3 Å². The van der Waals surface area contributed by atoms with Crippen molar-refractivity contribution in [3.8, 4) is 0 Å². The van der Waals surface area contributed by atoms with Crippen LogP contribution in [0.3, 0.4) is 0 Å². The Balaban J connectivity index is 2.50. The van der Waals surface area contributed by atoms with Crippen molar-refractivity contribution in [2.75, 3.05) is 20.3 Å². The molecule has 88 valence electrons. The van der Waals surface area contributed by atoms with E-state index in [9.17, 15) is 4.79 Å². The number of carbonyl (C=O) groups is 1. The summed E-state index contributed by atoms with van der Waals surface area (Å²) in [6, 6.07) is 5.57. The van der Waals surface area contributed by atoms with Crippen molar-refractivity contribution in [2.24, 2.45) is 0 Å². The number of ether oxygens (including phenoxy) is 1. The topological polar surface area (TPSA) is 38.3 Å². The number of rotatable bonds is 5. The lowest BCUT2D eigenvalue weighted by Gasteiger charge is -2.06. The minimum atomic E-state index is -0.0355. The number of halogens is 1. The normalized spacial score (nSPS) is 10.2. The summed E-state index contributed by atoms with van der Waals surface area (Å²) in [6.45, 7) is 3.27. The van der Waals surface area contributed by atoms with Gasteiger partial charge in [-0.3, -0.25) is 4.79 Å². The predicted molar refractivity (Wildman–Crippen MR) is 67.7 cm³/mol. The first-order valence-electron chi connectivity index (χ1n) is 5.18. The van der Waals surface area contributed by atoms with E-state index in [-0.39, 0.29) is 5.91 Å². The van der Waals surface area contributed by atoms with E-state index in [4.69, 9.17) is 4.74 Å². The van der Waals surface area contributed by atoms with E-state index in [0.29, 0.717) is 18.7 Å². The lowest BCUT2D eigenvalue weighted by molar-refractivity contribution is 0.0948. The first-order chi connectivity index (χ1) is 7.65. The number of hydrogen-bond acceptors (Lipinski definition) is 2. The van der Waals surface area contributed by atoms with Crippen molar-refractivity contribution in [3.63, 3.8) is 0 Å². The molecule has 0 spiro atoms. The van der Waals surface area contributed by atoms with Crippen LogP contribution in [0.1, 0.15) is 22.3 Å². The average molecular weight is 286 g/mol. The van der Waals surface area contributed by atoms with Crippen LogP contribution in [-0.4, -0.2) is 26.2 Å². The lowest BCUT2D eigenvalue weighted by atomic mass is 10.1. The molecule has 0 radical (unpaired) electrons. The molecule has 0 fully saturated rings. The van der Waals surface area contributed by atoms with Gasteiger partial charge in [0.15, 0.2) is 0 Å². The number of hydrogen-bond donors (Lipinski definition) is 1. The Kier molecular flexibility index (Phi) is 5.49. The molecule has 4 heteroatoms. The maximum Gasteiger partial charge on any atom is 0.251 e. The molecule has 0 bridgehead atoms. The summed E-state index contributed by atoms with van der Waals surface area (Å²) in [5.74, 6) is -0.0355. The van der Waals surface area contributed by atoms with E-state index in [1.54, 1.807) is 7.11 Å². The third-order valence-corrected chi connectivity index (χ3v) is 3.12. The van der Waals surface area contributed by atoms with Gasteiger partial charge in [0.05, 0.1) is 0 Å². The maximum atomic E-state index is 11.7. The highest BCUT2D eigenvalue weighted by atomic mass is 79.9. The molecule has 1 aromatic rings. The van der Waals surface area contributed by atoms with Crippen LogP contribution in [0.5, 0.6) is 0 Å². The fraction of sp³-hybridized carbons (Fsp3) is 0.417. The van der Waals surface area contributed by atoms with Crippen LogP contribution in [-0.2, 0) is 4.74 Å². The number of nitrogens with one attached hydrogen (secondary N) is 1. The van der Waals surface area contributed by atoms with Crippen LogP contribution in [0, 0.1) is 6.92 Å². The van der Waals surface area contributed by atoms with Gasteiger partial charge in [0.1, 0.15) is 0 Å². The zero-order valence-electron chi connectivity index (χ0n) is 9.55. The van der Waals surface area contributed by atoms with Gasteiger partial charge in [-0.2, -0.15) is 0 Å². The van der Waals surface area contributed by atoms with Gasteiger partial charge in [-0.25, -0.2) is 0 Å². The molecule has 0 aliphatic carbocycles. The summed E-state index contributed by atoms with van der Waals surface area (Å²) in [7, 11) is 1.65. The number of carbonyl (C=O) groups excluding carboxylic acids is 1. The van der Waals surface area contributed by atoms with E-state index >= 15 is 0 Å². The molecule has 1 aromatic carbocycles. The van der Waals surface area contributed by atoms with Crippen LogP contribution < -0.4 is 5.32 Å². The Hall–Kier alpha value is -0.870. The Bertz CT molecular complexity index is 366. The third-order valence-electron chi connectivity index (χ3n) is 2.23. The number of amides is 1. The van der Waals surface area contributed by atoms with E-state index in [2.05, 4.69) is 21.2 Å². The molecule has 1 rings (SSSR count). The summed E-state index contributed by atoms with van der Waals surface area (Å²) in [5, 5.41) is 2.85. The zero-order chi connectivity index (χ0) is 12.0. The highest BCUT2D eigenvalue weighted by Gasteiger charge is 2.05. The second kappa shape index (κ2) is 6.66. The molecule has 16 heavy (non-hydrogen) atoms. The maximum absolute atomic E-state index is 11.7. The largest absolute Gasteiger partial charge is 0.385 e. The van der Waals surface area contributed by atoms with Crippen molar-refractivity contribution in [1.29, 1.82) is 0 Å². The molecule has 3 nitrogen and oxygen atoms in total. The van der Waals surface area contributed by atoms with Gasteiger partial charge < -0.3 is 10.1 Å². The summed E-state index contributed by atoms with van der Waals surface area (Å²) in [6.07, 6.45) is 0.831. The Morgan fingerprint density at radius 3 is 2.88 bits per heavy atom. The zero-order valence-corrected chi connectivity index (χ0v) is 11.1. The monoisotopic (exact) mass is 285 g/mol. The second-order valence-corrected chi connectivity index (χ2v) is 4.42. The molecule has 0 aliphatic rings. The fourth-order valence-corrected chi connectivity index (χ4v) is 1.55. The minimum absolute atomic E-state index is 0.0355. The molecular weight excluding hydrogens is 270 g/mol. The van der Waals surface area contributed by atoms with E-state index in [0.717, 1.165) is 16.5 Å². The van der Waals surface area contributed by atoms with Gasteiger partial charge in [0.25, 0.3) is 5.91 Å². The van der Waals surface area contributed by atoms with Crippen molar-refractivity contribution < 1.29 is 9.53 Å². The van der Waals surface area contributed by atoms with Gasteiger partial charge in [-0.15, -0.1) is 0 Å². The van der Waals surface area contributed by atoms with Gasteiger partial charge in [0.2, 0.25) is 0 Å². The highest BCUT2D eigenvalue weighted by Crippen LogP contribution is 2.16. The van der Waals surface area contributed by atoms with E-state index in [1.807, 2.05) is 25.1 Å². The first kappa shape index (κ1) is 13.2. The highest BCUT2D eigenvalue weighted by molar-refractivity contribution is 9.10. The van der Waals surface area contributed by atoms with Crippen LogP contribution in [0.15, 0.2) is 22.7 Å². The predicted octanol–water partition coefficient (Wildman–Crippen LogP) is 2.52. The molecule has 0 unspecified atom stereocenters. The first-order valence-corrected chi connectivity index (χ1v) is 5.97. The molecular formula is C12H16BrNO2. The summed E-state index contributed by atoms with van der Waals surface area (Å²) in [4.78, 5) is 11.7. The van der Waals surface area contributed by atoms with Crippen LogP contribution in [0.2, 0.25) is 0 Å². The van der Waals surface area contributed by atoms with Gasteiger partial charge in [-0.05, 0) is 37.1 Å². The second-order valence-electron chi connectivity index (χ2n) is 3.57. The lowest BCUT2D eigenvalue weighted by Crippen LogP contribution is -2.25. The number of aryl methyl sites for hydroxylation is 1. The van der Waals surface area contributed by atoms with Gasteiger partial charge in [-0.1, -0.05) is 15.9 Å². The minimum Gasteiger partial charge on any atom is -0.385 e. The standard InChI is InChI=1S/C12H16BrNO2/c1-9-8-10(4-5-11(9)13)12(15)14-6-3-7-16-2/h4-5,8H,3,6-7H2,1-2H3,(H,14,15). The smallest absolute Gasteiger partial charge is 0.251 e. The Labute approximate surface area is 104 Å². The van der Waals surface area contributed by atoms with Crippen molar-refractivity contribution in [3.05, 3.63) is 33.8 Å². The molecule has 0 heterocycles. The van der Waals surface area contributed by atoms with Crippen LogP contribution in [0.25, 0.3) is 0 Å². The fourth-order valence-electron chi connectivity index (χ4n) is 1.31. The number of methoxy groups -OCH3 is 1. The molecule has 0 aromatic heterocycles. The van der Waals surface area contributed by atoms with Gasteiger partial charge in [0, 0.05) is 30.3 Å². The molecule has 0 atom stereocenters. The van der Waals surface area contributed by atoms with E-state index in [1.165, 1.54) is 0 Å². The van der Waals surface area contributed by atoms with E-state index < -0.39 is 0 Å². The number of benzene rings is 1. The molecule has 1 amide bonds. The average Bonchev–Trinajstić information content (AvgIpc) is 2.28.